The molecule has 0 spiro atoms. The monoisotopic (exact) mass is 610 g/mol. The van der Waals surface area contributed by atoms with E-state index < -0.39 is 11.8 Å². The number of fused-ring (bicyclic) bond motifs is 1. The average Bonchev–Trinajstić information content (AvgIpc) is 3.38. The van der Waals surface area contributed by atoms with Crippen LogP contribution in [-0.2, 0) is 20.9 Å². The van der Waals surface area contributed by atoms with Crippen molar-refractivity contribution in [1.29, 1.82) is 0 Å². The van der Waals surface area contributed by atoms with Gasteiger partial charge in [-0.25, -0.2) is 5.43 Å². The normalized spacial score (nSPS) is 11.7. The van der Waals surface area contributed by atoms with Crippen molar-refractivity contribution in [2.45, 2.75) is 20.4 Å². The fourth-order valence-electron chi connectivity index (χ4n) is 3.87. The molecule has 3 amide bonds. The van der Waals surface area contributed by atoms with Gasteiger partial charge in [-0.1, -0.05) is 12.1 Å². The second kappa shape index (κ2) is 13.0. The zero-order chi connectivity index (χ0) is 28.6. The maximum atomic E-state index is 12.4. The highest BCUT2D eigenvalue weighted by Gasteiger charge is 2.16. The average molecular weight is 611 g/mol. The van der Waals surface area contributed by atoms with E-state index in [0.717, 1.165) is 16.7 Å². The summed E-state index contributed by atoms with van der Waals surface area (Å²) in [5.41, 5.74) is 6.23. The fraction of sp³-hybridized carbons (Fsp3) is 0.214. The number of aryl methyl sites for hydroxylation is 2. The number of nitrogens with one attached hydrogen (secondary N) is 3. The first kappa shape index (κ1) is 28.4. The Bertz CT molecular complexity index is 1460. The number of amides is 3. The number of halogens is 1. The lowest BCUT2D eigenvalue weighted by Gasteiger charge is -2.14. The van der Waals surface area contributed by atoms with E-state index in [9.17, 15) is 14.4 Å². The highest BCUT2D eigenvalue weighted by molar-refractivity contribution is 9.10. The van der Waals surface area contributed by atoms with E-state index in [4.69, 9.17) is 18.9 Å². The molecule has 40 heavy (non-hydrogen) atoms. The Morgan fingerprint density at radius 1 is 1.00 bits per heavy atom. The van der Waals surface area contributed by atoms with Gasteiger partial charge >= 0.3 is 11.8 Å². The van der Waals surface area contributed by atoms with Crippen molar-refractivity contribution in [2.24, 2.45) is 5.10 Å². The lowest BCUT2D eigenvalue weighted by atomic mass is 10.1. The van der Waals surface area contributed by atoms with Gasteiger partial charge in [-0.15, -0.1) is 0 Å². The molecule has 0 bridgehead atoms. The van der Waals surface area contributed by atoms with Crippen LogP contribution in [0.15, 0.2) is 58.1 Å². The molecule has 0 atom stereocenters. The summed E-state index contributed by atoms with van der Waals surface area (Å²) in [6, 6.07) is 14.3. The van der Waals surface area contributed by atoms with E-state index in [2.05, 4.69) is 37.1 Å². The quantitative estimate of drug-likeness (QED) is 0.191. The molecule has 12 heteroatoms. The summed E-state index contributed by atoms with van der Waals surface area (Å²) in [6.45, 7) is 3.94. The first-order valence-corrected chi connectivity index (χ1v) is 12.9. The van der Waals surface area contributed by atoms with E-state index in [1.54, 1.807) is 30.3 Å². The van der Waals surface area contributed by atoms with Gasteiger partial charge in [0.15, 0.2) is 29.6 Å². The van der Waals surface area contributed by atoms with Gasteiger partial charge in [0, 0.05) is 12.2 Å². The van der Waals surface area contributed by atoms with Crippen molar-refractivity contribution >= 4 is 45.6 Å². The molecule has 1 heterocycles. The molecule has 0 fully saturated rings. The number of hydrogen-bond donors (Lipinski definition) is 3. The standard InChI is InChI=1S/C28H27BrN4O7/c1-16-6-17(2)8-20(7-16)32-25(34)14-38-26-21(29)9-19(11-24(26)37-3)13-31-33-28(36)27(35)30-12-18-4-5-22-23(10-18)40-15-39-22/h4-11,13H,12,14-15H2,1-3H3,(H,30,35)(H,32,34)(H,33,36)/b31-13-. The van der Waals surface area contributed by atoms with Crippen molar-refractivity contribution in [3.05, 3.63) is 75.3 Å². The number of nitrogens with zero attached hydrogens (tertiary/aromatic N) is 1. The lowest BCUT2D eigenvalue weighted by molar-refractivity contribution is -0.139. The predicted octanol–water partition coefficient (Wildman–Crippen LogP) is 3.59. The van der Waals surface area contributed by atoms with Gasteiger partial charge in [0.1, 0.15) is 0 Å². The Labute approximate surface area is 239 Å². The van der Waals surface area contributed by atoms with E-state index >= 15 is 0 Å². The van der Waals surface area contributed by atoms with Crippen LogP contribution in [0, 0.1) is 13.8 Å². The van der Waals surface area contributed by atoms with E-state index in [0.29, 0.717) is 38.7 Å². The molecule has 208 valence electrons. The van der Waals surface area contributed by atoms with Crippen LogP contribution in [0.25, 0.3) is 0 Å². The summed E-state index contributed by atoms with van der Waals surface area (Å²) in [5, 5.41) is 9.18. The molecule has 11 nitrogen and oxygen atoms in total. The minimum atomic E-state index is -0.933. The number of anilines is 1. The van der Waals surface area contributed by atoms with Crippen molar-refractivity contribution in [3.63, 3.8) is 0 Å². The number of rotatable bonds is 9. The van der Waals surface area contributed by atoms with Gasteiger partial charge in [-0.2, -0.15) is 5.10 Å². The minimum absolute atomic E-state index is 0.126. The third-order valence-electron chi connectivity index (χ3n) is 5.58. The first-order chi connectivity index (χ1) is 19.2. The topological polar surface area (TPSA) is 137 Å². The van der Waals surface area contributed by atoms with Crippen molar-refractivity contribution in [1.82, 2.24) is 10.7 Å². The molecular weight excluding hydrogens is 584 g/mol. The Balaban J connectivity index is 1.29. The van der Waals surface area contributed by atoms with Gasteiger partial charge in [0.25, 0.3) is 5.91 Å². The number of ether oxygens (including phenoxy) is 4. The van der Waals surface area contributed by atoms with Crippen molar-refractivity contribution < 1.29 is 33.3 Å². The molecule has 3 aromatic rings. The Kier molecular flexibility index (Phi) is 9.23. The Morgan fingerprint density at radius 3 is 2.50 bits per heavy atom. The van der Waals surface area contributed by atoms with E-state index in [1.165, 1.54) is 13.3 Å². The van der Waals surface area contributed by atoms with Crippen LogP contribution < -0.4 is 35.0 Å². The maximum absolute atomic E-state index is 12.4. The molecule has 0 aliphatic carbocycles. The number of benzene rings is 3. The fourth-order valence-corrected chi connectivity index (χ4v) is 4.44. The second-order valence-electron chi connectivity index (χ2n) is 8.82. The molecule has 0 aromatic heterocycles. The SMILES string of the molecule is COc1cc(/C=N\NC(=O)C(=O)NCc2ccc3c(c2)OCO3)cc(Br)c1OCC(=O)Nc1cc(C)cc(C)c1. The number of carbonyl (C=O) groups excluding carboxylic acids is 3. The third-order valence-corrected chi connectivity index (χ3v) is 6.17. The van der Waals surface area contributed by atoms with Crippen LogP contribution in [0.1, 0.15) is 22.3 Å². The highest BCUT2D eigenvalue weighted by Crippen LogP contribution is 2.36. The molecule has 0 radical (unpaired) electrons. The molecule has 0 saturated heterocycles. The molecule has 3 N–H and O–H groups in total. The van der Waals surface area contributed by atoms with Gasteiger partial charge in [-0.3, -0.25) is 14.4 Å². The molecule has 1 aliphatic heterocycles. The van der Waals surface area contributed by atoms with Crippen LogP contribution in [0.5, 0.6) is 23.0 Å². The summed E-state index contributed by atoms with van der Waals surface area (Å²) in [6.07, 6.45) is 1.34. The smallest absolute Gasteiger partial charge is 0.329 e. The van der Waals surface area contributed by atoms with Crippen LogP contribution in [0.3, 0.4) is 0 Å². The zero-order valence-corrected chi connectivity index (χ0v) is 23.6. The van der Waals surface area contributed by atoms with Gasteiger partial charge in [0.2, 0.25) is 6.79 Å². The summed E-state index contributed by atoms with van der Waals surface area (Å²) < 4.78 is 22.2. The molecule has 0 saturated carbocycles. The first-order valence-electron chi connectivity index (χ1n) is 12.1. The van der Waals surface area contributed by atoms with Crippen molar-refractivity contribution in [2.75, 3.05) is 25.8 Å². The van der Waals surface area contributed by atoms with Gasteiger partial charge in [-0.05, 0) is 88.4 Å². The summed E-state index contributed by atoms with van der Waals surface area (Å²) >= 11 is 3.41. The van der Waals surface area contributed by atoms with Crippen LogP contribution in [-0.4, -0.2) is 44.4 Å². The molecule has 0 unspecified atom stereocenters. The minimum Gasteiger partial charge on any atom is -0.493 e. The maximum Gasteiger partial charge on any atom is 0.329 e. The number of hydrogen-bond acceptors (Lipinski definition) is 8. The summed E-state index contributed by atoms with van der Waals surface area (Å²) in [7, 11) is 1.46. The largest absolute Gasteiger partial charge is 0.493 e. The van der Waals surface area contributed by atoms with Crippen LogP contribution in [0.4, 0.5) is 5.69 Å². The number of hydrazone groups is 1. The molecule has 4 rings (SSSR count). The predicted molar refractivity (Wildman–Crippen MR) is 151 cm³/mol. The molecule has 3 aromatic carbocycles. The highest BCUT2D eigenvalue weighted by atomic mass is 79.9. The molecule has 1 aliphatic rings. The van der Waals surface area contributed by atoms with Crippen LogP contribution in [0.2, 0.25) is 0 Å². The van der Waals surface area contributed by atoms with Crippen LogP contribution >= 0.6 is 15.9 Å². The van der Waals surface area contributed by atoms with Gasteiger partial charge < -0.3 is 29.6 Å². The summed E-state index contributed by atoms with van der Waals surface area (Å²) in [5.74, 6) is -0.244. The number of methoxy groups -OCH3 is 1. The molecular formula is C28H27BrN4O7. The van der Waals surface area contributed by atoms with Gasteiger partial charge in [0.05, 0.1) is 17.8 Å². The Morgan fingerprint density at radius 2 is 1.75 bits per heavy atom. The number of carbonyl (C=O) groups is 3. The van der Waals surface area contributed by atoms with Crippen molar-refractivity contribution in [3.8, 4) is 23.0 Å². The van der Waals surface area contributed by atoms with E-state index in [1.807, 2.05) is 32.0 Å². The summed E-state index contributed by atoms with van der Waals surface area (Å²) in [4.78, 5) is 36.7. The Hall–Kier alpha value is -4.58. The third kappa shape index (κ3) is 7.50. The van der Waals surface area contributed by atoms with E-state index in [-0.39, 0.29) is 25.9 Å². The lowest BCUT2D eigenvalue weighted by Crippen LogP contribution is -2.37. The second-order valence-corrected chi connectivity index (χ2v) is 9.67. The zero-order valence-electron chi connectivity index (χ0n) is 22.0.